The quantitative estimate of drug-likeness (QED) is 0.507. The number of nitrogens with zero attached hydrogens (tertiary/aromatic N) is 1. The largest absolute Gasteiger partial charge is 0.454 e. The number of aromatic amines is 1. The Bertz CT molecular complexity index is 1210. The van der Waals surface area contributed by atoms with Gasteiger partial charge in [0.05, 0.1) is 6.04 Å². The summed E-state index contributed by atoms with van der Waals surface area (Å²) >= 11 is 0. The van der Waals surface area contributed by atoms with Crippen molar-refractivity contribution < 1.29 is 9.47 Å². The minimum Gasteiger partial charge on any atom is -0.454 e. The molecule has 2 aliphatic heterocycles. The topological polar surface area (TPSA) is 37.5 Å². The number of ether oxygens (including phenoxy) is 2. The fourth-order valence-electron chi connectivity index (χ4n) is 4.87. The molecule has 0 aliphatic carbocycles. The molecular weight excluding hydrogens is 360 g/mol. The fourth-order valence-corrected chi connectivity index (χ4v) is 4.87. The molecule has 6 rings (SSSR count). The van der Waals surface area contributed by atoms with Crippen LogP contribution in [0.2, 0.25) is 0 Å². The van der Waals surface area contributed by atoms with Crippen LogP contribution in [0.3, 0.4) is 0 Å². The van der Waals surface area contributed by atoms with E-state index < -0.39 is 0 Å². The molecule has 2 aliphatic rings. The van der Waals surface area contributed by atoms with Crippen LogP contribution in [0, 0.1) is 6.92 Å². The van der Waals surface area contributed by atoms with Crippen molar-refractivity contribution in [3.8, 4) is 11.5 Å². The summed E-state index contributed by atoms with van der Waals surface area (Å²) in [4.78, 5) is 6.12. The van der Waals surface area contributed by atoms with Crippen LogP contribution in [0.4, 0.5) is 5.69 Å². The van der Waals surface area contributed by atoms with Gasteiger partial charge in [-0.05, 0) is 54.8 Å². The van der Waals surface area contributed by atoms with E-state index in [4.69, 9.17) is 9.47 Å². The predicted octanol–water partition coefficient (Wildman–Crippen LogP) is 5.36. The maximum Gasteiger partial charge on any atom is 0.231 e. The summed E-state index contributed by atoms with van der Waals surface area (Å²) in [6.07, 6.45) is 0.985. The summed E-state index contributed by atoms with van der Waals surface area (Å²) in [5.74, 6) is 1.72. The number of hydrogen-bond acceptors (Lipinski definition) is 3. The molecule has 144 valence electrons. The van der Waals surface area contributed by atoms with Crippen molar-refractivity contribution in [1.82, 2.24) is 4.98 Å². The van der Waals surface area contributed by atoms with E-state index in [1.807, 2.05) is 0 Å². The fraction of sp³-hybridized carbons (Fsp3) is 0.200. The Hall–Kier alpha value is -3.40. The zero-order valence-corrected chi connectivity index (χ0v) is 16.3. The highest BCUT2D eigenvalue weighted by Gasteiger charge is 2.34. The first-order chi connectivity index (χ1) is 14.3. The summed E-state index contributed by atoms with van der Waals surface area (Å²) in [5, 5.41) is 1.28. The molecule has 4 aromatic rings. The van der Waals surface area contributed by atoms with Crippen molar-refractivity contribution in [3.05, 3.63) is 89.1 Å². The first-order valence-electron chi connectivity index (χ1n) is 10.1. The second-order valence-corrected chi connectivity index (χ2v) is 7.80. The summed E-state index contributed by atoms with van der Waals surface area (Å²) in [6.45, 7) is 3.44. The van der Waals surface area contributed by atoms with Crippen LogP contribution in [0.25, 0.3) is 10.9 Å². The molecule has 0 amide bonds. The predicted molar refractivity (Wildman–Crippen MR) is 115 cm³/mol. The number of nitrogens with one attached hydrogen (secondary N) is 1. The molecule has 4 heteroatoms. The molecule has 3 aromatic carbocycles. The van der Waals surface area contributed by atoms with E-state index in [1.165, 1.54) is 39.0 Å². The molecule has 0 saturated heterocycles. The molecule has 0 fully saturated rings. The van der Waals surface area contributed by atoms with Gasteiger partial charge in [0, 0.05) is 34.4 Å². The number of aryl methyl sites for hydroxylation is 1. The Morgan fingerprint density at radius 1 is 0.931 bits per heavy atom. The van der Waals surface area contributed by atoms with E-state index >= 15 is 0 Å². The molecule has 4 nitrogen and oxygen atoms in total. The van der Waals surface area contributed by atoms with Crippen LogP contribution in [0.5, 0.6) is 11.5 Å². The van der Waals surface area contributed by atoms with Gasteiger partial charge in [-0.25, -0.2) is 0 Å². The lowest BCUT2D eigenvalue weighted by atomic mass is 9.86. The van der Waals surface area contributed by atoms with Gasteiger partial charge >= 0.3 is 0 Å². The van der Waals surface area contributed by atoms with Crippen LogP contribution < -0.4 is 14.4 Å². The molecule has 1 atom stereocenters. The highest BCUT2D eigenvalue weighted by molar-refractivity contribution is 5.86. The number of aromatic nitrogens is 1. The van der Waals surface area contributed by atoms with Gasteiger partial charge in [0.15, 0.2) is 11.5 Å². The zero-order valence-electron chi connectivity index (χ0n) is 16.3. The van der Waals surface area contributed by atoms with Crippen molar-refractivity contribution in [2.45, 2.75) is 19.4 Å². The van der Waals surface area contributed by atoms with Gasteiger partial charge < -0.3 is 19.4 Å². The number of hydrogen-bond donors (Lipinski definition) is 1. The van der Waals surface area contributed by atoms with Crippen molar-refractivity contribution in [1.29, 1.82) is 0 Å². The SMILES string of the molecule is Cc1[nH]c2ccccc2c1C1c2cc3c(cc2CCN1c1ccccc1)OCO3. The third-order valence-corrected chi connectivity index (χ3v) is 6.17. The lowest BCUT2D eigenvalue weighted by Gasteiger charge is -2.39. The van der Waals surface area contributed by atoms with Crippen molar-refractivity contribution in [3.63, 3.8) is 0 Å². The smallest absolute Gasteiger partial charge is 0.231 e. The minimum atomic E-state index is 0.117. The third-order valence-electron chi connectivity index (χ3n) is 6.17. The normalized spacial score (nSPS) is 17.6. The first kappa shape index (κ1) is 16.5. The van der Waals surface area contributed by atoms with Crippen LogP contribution in [0.15, 0.2) is 66.7 Å². The number of benzene rings is 3. The molecule has 0 saturated carbocycles. The number of rotatable bonds is 2. The van der Waals surface area contributed by atoms with Gasteiger partial charge in [-0.15, -0.1) is 0 Å². The van der Waals surface area contributed by atoms with E-state index in [2.05, 4.69) is 83.5 Å². The second-order valence-electron chi connectivity index (χ2n) is 7.80. The molecule has 3 heterocycles. The van der Waals surface area contributed by atoms with Crippen LogP contribution in [-0.4, -0.2) is 18.3 Å². The molecule has 1 aromatic heterocycles. The van der Waals surface area contributed by atoms with Crippen molar-refractivity contribution in [2.24, 2.45) is 0 Å². The Kier molecular flexibility index (Phi) is 3.60. The van der Waals surface area contributed by atoms with Crippen LogP contribution in [-0.2, 0) is 6.42 Å². The van der Waals surface area contributed by atoms with Crippen molar-refractivity contribution >= 4 is 16.6 Å². The van der Waals surface area contributed by atoms with Gasteiger partial charge in [-0.1, -0.05) is 36.4 Å². The van der Waals surface area contributed by atoms with Crippen molar-refractivity contribution in [2.75, 3.05) is 18.2 Å². The summed E-state index contributed by atoms with van der Waals surface area (Å²) in [7, 11) is 0. The Morgan fingerprint density at radius 3 is 2.55 bits per heavy atom. The average molecular weight is 382 g/mol. The van der Waals surface area contributed by atoms with E-state index in [1.54, 1.807) is 0 Å². The van der Waals surface area contributed by atoms with E-state index in [-0.39, 0.29) is 6.04 Å². The Morgan fingerprint density at radius 2 is 1.69 bits per heavy atom. The van der Waals surface area contributed by atoms with Gasteiger partial charge in [0.2, 0.25) is 6.79 Å². The lowest BCUT2D eigenvalue weighted by Crippen LogP contribution is -2.36. The maximum absolute atomic E-state index is 5.74. The maximum atomic E-state index is 5.74. The molecule has 0 spiro atoms. The highest BCUT2D eigenvalue weighted by atomic mass is 16.7. The number of anilines is 1. The Labute approximate surface area is 169 Å². The standard InChI is InChI=1S/C25H22N2O2/c1-16-24(19-9-5-6-10-21(19)26-16)25-20-14-23-22(28-15-29-23)13-17(20)11-12-27(25)18-7-3-2-4-8-18/h2-10,13-14,25-26H,11-12,15H2,1H3. The summed E-state index contributed by atoms with van der Waals surface area (Å²) < 4.78 is 11.4. The third kappa shape index (κ3) is 2.52. The number of fused-ring (bicyclic) bond motifs is 3. The molecule has 0 bridgehead atoms. The molecule has 0 radical (unpaired) electrons. The summed E-state index contributed by atoms with van der Waals surface area (Å²) in [6, 6.07) is 23.8. The molecule has 1 N–H and O–H groups in total. The van der Waals surface area contributed by atoms with Crippen LogP contribution in [0.1, 0.15) is 28.4 Å². The van der Waals surface area contributed by atoms with Gasteiger partial charge in [-0.3, -0.25) is 0 Å². The number of para-hydroxylation sites is 2. The first-order valence-corrected chi connectivity index (χ1v) is 10.1. The molecule has 1 unspecified atom stereocenters. The van der Waals surface area contributed by atoms with E-state index in [9.17, 15) is 0 Å². The minimum absolute atomic E-state index is 0.117. The molecule has 29 heavy (non-hydrogen) atoms. The average Bonchev–Trinajstić information content (AvgIpc) is 3.35. The lowest BCUT2D eigenvalue weighted by molar-refractivity contribution is 0.174. The summed E-state index contributed by atoms with van der Waals surface area (Å²) in [5.41, 5.74) is 7.62. The highest BCUT2D eigenvalue weighted by Crippen LogP contribution is 2.46. The monoisotopic (exact) mass is 382 g/mol. The number of H-pyrrole nitrogens is 1. The van der Waals surface area contributed by atoms with Gasteiger partial charge in [0.1, 0.15) is 0 Å². The zero-order chi connectivity index (χ0) is 19.4. The van der Waals surface area contributed by atoms with Crippen LogP contribution >= 0.6 is 0 Å². The van der Waals surface area contributed by atoms with Gasteiger partial charge in [-0.2, -0.15) is 0 Å². The van der Waals surface area contributed by atoms with Gasteiger partial charge in [0.25, 0.3) is 0 Å². The van der Waals surface area contributed by atoms with E-state index in [0.29, 0.717) is 6.79 Å². The molecular formula is C25H22N2O2. The second kappa shape index (κ2) is 6.31. The Balaban J connectivity index is 1.61. The van der Waals surface area contributed by atoms with E-state index in [0.717, 1.165) is 24.5 Å².